The first-order chi connectivity index (χ1) is 9.97. The van der Waals surface area contributed by atoms with Gasteiger partial charge in [0.1, 0.15) is 5.15 Å². The summed E-state index contributed by atoms with van der Waals surface area (Å²) in [6, 6.07) is 4.55. The predicted octanol–water partition coefficient (Wildman–Crippen LogP) is 1.54. The molecule has 2 aromatic rings. The third-order valence-corrected chi connectivity index (χ3v) is 2.75. The van der Waals surface area contributed by atoms with Crippen molar-refractivity contribution in [2.75, 3.05) is 14.1 Å². The Morgan fingerprint density at radius 1 is 1.38 bits per heavy atom. The van der Waals surface area contributed by atoms with E-state index >= 15 is 0 Å². The summed E-state index contributed by atoms with van der Waals surface area (Å²) in [5, 5.41) is 4.36. The van der Waals surface area contributed by atoms with E-state index in [1.165, 1.54) is 29.2 Å². The standard InChI is InChI=1S/C14H13ClN4O2/c1-18(2)7-4-11(20)14-12(21)5-8-19(17-14)10-3-6-16-13(15)9-10/h3-9H,1-2H3. The van der Waals surface area contributed by atoms with E-state index < -0.39 is 11.2 Å². The van der Waals surface area contributed by atoms with E-state index in [1.807, 2.05) is 0 Å². The number of allylic oxidation sites excluding steroid dienone is 1. The van der Waals surface area contributed by atoms with E-state index in [1.54, 1.807) is 37.3 Å². The van der Waals surface area contributed by atoms with Gasteiger partial charge in [-0.2, -0.15) is 5.10 Å². The van der Waals surface area contributed by atoms with Crippen LogP contribution in [0.25, 0.3) is 5.69 Å². The summed E-state index contributed by atoms with van der Waals surface area (Å²) < 4.78 is 1.41. The second-order valence-corrected chi connectivity index (χ2v) is 4.84. The molecule has 0 unspecified atom stereocenters. The molecule has 0 aliphatic heterocycles. The Morgan fingerprint density at radius 2 is 2.14 bits per heavy atom. The Morgan fingerprint density at radius 3 is 2.81 bits per heavy atom. The van der Waals surface area contributed by atoms with Crippen molar-refractivity contribution in [2.45, 2.75) is 0 Å². The number of halogens is 1. The molecule has 2 aromatic heterocycles. The molecule has 7 heteroatoms. The third kappa shape index (κ3) is 3.76. The number of pyridine rings is 1. The Kier molecular flexibility index (Phi) is 4.49. The lowest BCUT2D eigenvalue weighted by molar-refractivity contribution is 0.103. The summed E-state index contributed by atoms with van der Waals surface area (Å²) in [6.45, 7) is 0. The van der Waals surface area contributed by atoms with Crippen LogP contribution in [0.3, 0.4) is 0 Å². The molecule has 0 amide bonds. The minimum absolute atomic E-state index is 0.150. The minimum atomic E-state index is -0.455. The van der Waals surface area contributed by atoms with Crippen LogP contribution in [0, 0.1) is 0 Å². The van der Waals surface area contributed by atoms with E-state index in [9.17, 15) is 9.59 Å². The van der Waals surface area contributed by atoms with Crippen LogP contribution >= 0.6 is 11.6 Å². The fourth-order valence-electron chi connectivity index (χ4n) is 1.55. The van der Waals surface area contributed by atoms with Gasteiger partial charge in [-0.3, -0.25) is 9.59 Å². The van der Waals surface area contributed by atoms with E-state index in [0.717, 1.165) is 0 Å². The molecule has 6 nitrogen and oxygen atoms in total. The van der Waals surface area contributed by atoms with Gasteiger partial charge in [-0.25, -0.2) is 9.67 Å². The summed E-state index contributed by atoms with van der Waals surface area (Å²) in [5.74, 6) is -0.455. The molecular formula is C14H13ClN4O2. The lowest BCUT2D eigenvalue weighted by atomic mass is 10.2. The summed E-state index contributed by atoms with van der Waals surface area (Å²) in [5.41, 5.74) is 0.0315. The Labute approximate surface area is 126 Å². The molecule has 21 heavy (non-hydrogen) atoms. The average molecular weight is 305 g/mol. The fourth-order valence-corrected chi connectivity index (χ4v) is 1.72. The lowest BCUT2D eigenvalue weighted by Gasteiger charge is -2.06. The van der Waals surface area contributed by atoms with Crippen LogP contribution in [0.15, 0.2) is 47.7 Å². The van der Waals surface area contributed by atoms with Gasteiger partial charge in [-0.15, -0.1) is 0 Å². The van der Waals surface area contributed by atoms with Gasteiger partial charge >= 0.3 is 0 Å². The number of carbonyl (C=O) groups excluding carboxylic acids is 1. The van der Waals surface area contributed by atoms with Crippen molar-refractivity contribution in [3.05, 3.63) is 63.9 Å². The maximum Gasteiger partial charge on any atom is 0.211 e. The zero-order chi connectivity index (χ0) is 15.4. The second kappa shape index (κ2) is 6.32. The molecule has 0 atom stereocenters. The molecule has 0 spiro atoms. The molecule has 2 heterocycles. The topological polar surface area (TPSA) is 68.1 Å². The number of hydrogen-bond donors (Lipinski definition) is 0. The lowest BCUT2D eigenvalue weighted by Crippen LogP contribution is -2.20. The van der Waals surface area contributed by atoms with Crippen LogP contribution < -0.4 is 5.43 Å². The van der Waals surface area contributed by atoms with E-state index in [4.69, 9.17) is 11.6 Å². The minimum Gasteiger partial charge on any atom is -0.383 e. The molecule has 0 N–H and O–H groups in total. The maximum atomic E-state index is 12.0. The molecule has 2 rings (SSSR count). The Balaban J connectivity index is 2.42. The molecule has 0 aliphatic carbocycles. The largest absolute Gasteiger partial charge is 0.383 e. The summed E-state index contributed by atoms with van der Waals surface area (Å²) >= 11 is 5.82. The molecule has 0 bridgehead atoms. The van der Waals surface area contributed by atoms with Gasteiger partial charge in [0.15, 0.2) is 5.69 Å². The average Bonchev–Trinajstić information content (AvgIpc) is 2.45. The maximum absolute atomic E-state index is 12.0. The van der Waals surface area contributed by atoms with E-state index in [-0.39, 0.29) is 5.69 Å². The second-order valence-electron chi connectivity index (χ2n) is 4.45. The highest BCUT2D eigenvalue weighted by atomic mass is 35.5. The van der Waals surface area contributed by atoms with Gasteiger partial charge in [0.05, 0.1) is 5.69 Å². The zero-order valence-electron chi connectivity index (χ0n) is 11.5. The number of carbonyl (C=O) groups is 1. The molecule has 0 aliphatic rings. The van der Waals surface area contributed by atoms with Crippen molar-refractivity contribution in [1.29, 1.82) is 0 Å². The molecule has 0 fully saturated rings. The zero-order valence-corrected chi connectivity index (χ0v) is 12.3. The van der Waals surface area contributed by atoms with Gasteiger partial charge in [0.2, 0.25) is 11.2 Å². The van der Waals surface area contributed by atoms with Crippen molar-refractivity contribution in [3.63, 3.8) is 0 Å². The predicted molar refractivity (Wildman–Crippen MR) is 79.8 cm³/mol. The molecule has 0 radical (unpaired) electrons. The van der Waals surface area contributed by atoms with Crippen molar-refractivity contribution < 1.29 is 4.79 Å². The number of rotatable bonds is 4. The normalized spacial score (nSPS) is 10.8. The Bertz CT molecular complexity index is 753. The fraction of sp³-hybridized carbons (Fsp3) is 0.143. The van der Waals surface area contributed by atoms with Crippen molar-refractivity contribution >= 4 is 17.4 Å². The number of hydrogen-bond acceptors (Lipinski definition) is 5. The van der Waals surface area contributed by atoms with Gasteiger partial charge in [0.25, 0.3) is 0 Å². The molecular weight excluding hydrogens is 292 g/mol. The van der Waals surface area contributed by atoms with Crippen LogP contribution in [-0.2, 0) is 0 Å². The van der Waals surface area contributed by atoms with Gasteiger partial charge in [0, 0.05) is 50.9 Å². The number of aromatic nitrogens is 3. The highest BCUT2D eigenvalue weighted by Crippen LogP contribution is 2.10. The highest BCUT2D eigenvalue weighted by molar-refractivity contribution is 6.29. The summed E-state index contributed by atoms with van der Waals surface area (Å²) in [6.07, 6.45) is 5.85. The number of nitrogens with zero attached hydrogens (tertiary/aromatic N) is 4. The first-order valence-corrected chi connectivity index (χ1v) is 6.46. The van der Waals surface area contributed by atoms with Crippen molar-refractivity contribution in [2.24, 2.45) is 0 Å². The van der Waals surface area contributed by atoms with Gasteiger partial charge in [-0.05, 0) is 6.07 Å². The summed E-state index contributed by atoms with van der Waals surface area (Å²) in [7, 11) is 3.55. The van der Waals surface area contributed by atoms with Crippen LogP contribution in [0.5, 0.6) is 0 Å². The van der Waals surface area contributed by atoms with Gasteiger partial charge in [-0.1, -0.05) is 11.6 Å². The smallest absolute Gasteiger partial charge is 0.211 e. The van der Waals surface area contributed by atoms with Gasteiger partial charge < -0.3 is 4.90 Å². The van der Waals surface area contributed by atoms with Crippen LogP contribution in [0.4, 0.5) is 0 Å². The molecule has 108 valence electrons. The SMILES string of the molecule is CN(C)C=CC(=O)c1nn(-c2ccnc(Cl)c2)ccc1=O. The Hall–Kier alpha value is -2.47. The summed E-state index contributed by atoms with van der Waals surface area (Å²) in [4.78, 5) is 29.3. The van der Waals surface area contributed by atoms with Crippen molar-refractivity contribution in [1.82, 2.24) is 19.7 Å². The number of ketones is 1. The monoisotopic (exact) mass is 304 g/mol. The highest BCUT2D eigenvalue weighted by Gasteiger charge is 2.11. The molecule has 0 aromatic carbocycles. The van der Waals surface area contributed by atoms with Crippen LogP contribution in [0.2, 0.25) is 5.15 Å². The third-order valence-electron chi connectivity index (χ3n) is 2.54. The van der Waals surface area contributed by atoms with Crippen LogP contribution in [0.1, 0.15) is 10.5 Å². The first kappa shape index (κ1) is 14.9. The van der Waals surface area contributed by atoms with Crippen molar-refractivity contribution in [3.8, 4) is 5.69 Å². The van der Waals surface area contributed by atoms with Crippen LogP contribution in [-0.4, -0.2) is 39.5 Å². The van der Waals surface area contributed by atoms with E-state index in [0.29, 0.717) is 10.8 Å². The van der Waals surface area contributed by atoms with E-state index in [2.05, 4.69) is 10.1 Å². The molecule has 0 saturated heterocycles. The quantitative estimate of drug-likeness (QED) is 0.487. The molecule has 0 saturated carbocycles. The first-order valence-electron chi connectivity index (χ1n) is 6.08.